The maximum atomic E-state index is 13.1. The quantitative estimate of drug-likeness (QED) is 0.455. The van der Waals surface area contributed by atoms with E-state index < -0.39 is 0 Å². The number of carbonyl (C=O) groups is 2. The van der Waals surface area contributed by atoms with Crippen LogP contribution in [0.3, 0.4) is 0 Å². The molecule has 1 aromatic heterocycles. The van der Waals surface area contributed by atoms with Crippen molar-refractivity contribution in [3.63, 3.8) is 0 Å². The van der Waals surface area contributed by atoms with E-state index in [4.69, 9.17) is 4.52 Å². The molecule has 0 radical (unpaired) electrons. The lowest BCUT2D eigenvalue weighted by Gasteiger charge is -2.22. The Kier molecular flexibility index (Phi) is 6.66. The highest BCUT2D eigenvalue weighted by molar-refractivity contribution is 5.94. The van der Waals surface area contributed by atoms with E-state index in [-0.39, 0.29) is 17.9 Å². The third-order valence-corrected chi connectivity index (χ3v) is 6.65. The lowest BCUT2D eigenvalue weighted by molar-refractivity contribution is -0.132. The number of nitrogens with one attached hydrogen (secondary N) is 1. The first-order chi connectivity index (χ1) is 17.0. The molecule has 0 unspecified atom stereocenters. The van der Waals surface area contributed by atoms with E-state index in [0.29, 0.717) is 48.6 Å². The molecule has 0 saturated heterocycles. The van der Waals surface area contributed by atoms with Crippen LogP contribution in [0, 0.1) is 0 Å². The molecule has 0 aliphatic heterocycles. The number of aryl methyl sites for hydroxylation is 1. The highest BCUT2D eigenvalue weighted by Gasteiger charge is 2.32. The summed E-state index contributed by atoms with van der Waals surface area (Å²) in [5.41, 5.74) is 3.86. The van der Waals surface area contributed by atoms with Gasteiger partial charge in [0, 0.05) is 42.6 Å². The summed E-state index contributed by atoms with van der Waals surface area (Å²) in [6.07, 6.45) is 4.94. The van der Waals surface area contributed by atoms with Crippen molar-refractivity contribution in [2.45, 2.75) is 76.9 Å². The average Bonchev–Trinajstić information content (AvgIpc) is 3.81. The van der Waals surface area contributed by atoms with E-state index in [9.17, 15) is 9.59 Å². The molecule has 2 amide bonds. The lowest BCUT2D eigenvalue weighted by atomic mass is 10.0. The van der Waals surface area contributed by atoms with Gasteiger partial charge in [0.05, 0.1) is 0 Å². The van der Waals surface area contributed by atoms with Gasteiger partial charge in [0.1, 0.15) is 0 Å². The van der Waals surface area contributed by atoms with Crippen LogP contribution in [0.5, 0.6) is 0 Å². The zero-order valence-corrected chi connectivity index (χ0v) is 20.4. The Hall–Kier alpha value is -3.48. The molecule has 5 rings (SSSR count). The SMILES string of the molecule is CC(C)c1ccc(-c2noc(CCC(=O)N(Cc3ccc(C(=O)NC4CC4)cc3)C3CC3)n2)cc1. The molecule has 1 N–H and O–H groups in total. The van der Waals surface area contributed by atoms with Crippen molar-refractivity contribution in [1.29, 1.82) is 0 Å². The van der Waals surface area contributed by atoms with Crippen molar-refractivity contribution in [3.05, 3.63) is 71.1 Å². The number of carbonyl (C=O) groups excluding carboxylic acids is 2. The summed E-state index contributed by atoms with van der Waals surface area (Å²) >= 11 is 0. The molecule has 2 saturated carbocycles. The molecule has 2 aliphatic rings. The molecule has 1 heterocycles. The number of nitrogens with zero attached hydrogens (tertiary/aromatic N) is 3. The van der Waals surface area contributed by atoms with Gasteiger partial charge in [0.25, 0.3) is 5.91 Å². The number of amides is 2. The fraction of sp³-hybridized carbons (Fsp3) is 0.429. The smallest absolute Gasteiger partial charge is 0.251 e. The van der Waals surface area contributed by atoms with E-state index in [1.165, 1.54) is 5.56 Å². The van der Waals surface area contributed by atoms with E-state index in [1.54, 1.807) is 0 Å². The number of hydrogen-bond donors (Lipinski definition) is 1. The Morgan fingerprint density at radius 3 is 2.37 bits per heavy atom. The van der Waals surface area contributed by atoms with Gasteiger partial charge in [-0.05, 0) is 54.9 Å². The molecular weight excluding hydrogens is 440 g/mol. The first kappa shape index (κ1) is 23.3. The molecule has 7 nitrogen and oxygen atoms in total. The summed E-state index contributed by atoms with van der Waals surface area (Å²) in [5, 5.41) is 7.10. The summed E-state index contributed by atoms with van der Waals surface area (Å²) in [6.45, 7) is 4.87. The minimum Gasteiger partial charge on any atom is -0.349 e. The Balaban J connectivity index is 1.16. The zero-order valence-electron chi connectivity index (χ0n) is 20.4. The van der Waals surface area contributed by atoms with E-state index in [2.05, 4.69) is 41.4 Å². The van der Waals surface area contributed by atoms with Gasteiger partial charge in [-0.25, -0.2) is 0 Å². The maximum absolute atomic E-state index is 13.1. The molecule has 7 heteroatoms. The third kappa shape index (κ3) is 5.96. The monoisotopic (exact) mass is 472 g/mol. The molecular formula is C28H32N4O3. The Morgan fingerprint density at radius 2 is 1.74 bits per heavy atom. The molecule has 0 bridgehead atoms. The summed E-state index contributed by atoms with van der Waals surface area (Å²) in [5.74, 6) is 1.55. The van der Waals surface area contributed by atoms with Crippen LogP contribution >= 0.6 is 0 Å². The van der Waals surface area contributed by atoms with Crippen LogP contribution in [-0.4, -0.2) is 38.9 Å². The largest absolute Gasteiger partial charge is 0.349 e. The van der Waals surface area contributed by atoms with Gasteiger partial charge in [0.2, 0.25) is 17.6 Å². The van der Waals surface area contributed by atoms with Crippen molar-refractivity contribution in [3.8, 4) is 11.4 Å². The highest BCUT2D eigenvalue weighted by atomic mass is 16.5. The number of benzene rings is 2. The lowest BCUT2D eigenvalue weighted by Crippen LogP contribution is -2.32. The molecule has 2 aromatic carbocycles. The second-order valence-electron chi connectivity index (χ2n) is 9.99. The summed E-state index contributed by atoms with van der Waals surface area (Å²) in [4.78, 5) is 31.7. The summed E-state index contributed by atoms with van der Waals surface area (Å²) < 4.78 is 5.42. The standard InChI is InChI=1S/C28H32N4O3/c1-18(2)20-7-9-21(10-8-20)27-30-25(35-31-27)15-16-26(33)32(24-13-14-24)17-19-3-5-22(6-4-19)28(34)29-23-11-12-23/h3-10,18,23-24H,11-17H2,1-2H3,(H,29,34). The molecule has 2 aliphatic carbocycles. The molecule has 3 aromatic rings. The first-order valence-corrected chi connectivity index (χ1v) is 12.6. The average molecular weight is 473 g/mol. The van der Waals surface area contributed by atoms with Crippen molar-refractivity contribution >= 4 is 11.8 Å². The zero-order chi connectivity index (χ0) is 24.4. The van der Waals surface area contributed by atoms with Crippen LogP contribution in [0.4, 0.5) is 0 Å². The van der Waals surface area contributed by atoms with E-state index in [0.717, 1.165) is 36.8 Å². The van der Waals surface area contributed by atoms with Gasteiger partial charge in [-0.15, -0.1) is 0 Å². The fourth-order valence-electron chi connectivity index (χ4n) is 4.11. The van der Waals surface area contributed by atoms with Crippen LogP contribution in [0.2, 0.25) is 0 Å². The molecule has 182 valence electrons. The minimum atomic E-state index is -0.0241. The van der Waals surface area contributed by atoms with Crippen LogP contribution in [0.1, 0.15) is 79.2 Å². The Bertz CT molecular complexity index is 1180. The maximum Gasteiger partial charge on any atom is 0.251 e. The normalized spacial score (nSPS) is 15.3. The Labute approximate surface area is 205 Å². The second kappa shape index (κ2) is 10.0. The molecule has 35 heavy (non-hydrogen) atoms. The van der Waals surface area contributed by atoms with E-state index in [1.807, 2.05) is 41.3 Å². The van der Waals surface area contributed by atoms with Gasteiger partial charge in [-0.2, -0.15) is 4.98 Å². The van der Waals surface area contributed by atoms with Crippen LogP contribution in [-0.2, 0) is 17.8 Å². The minimum absolute atomic E-state index is 0.0241. The van der Waals surface area contributed by atoms with Gasteiger partial charge < -0.3 is 14.7 Å². The van der Waals surface area contributed by atoms with Crippen LogP contribution in [0.15, 0.2) is 53.1 Å². The van der Waals surface area contributed by atoms with Crippen molar-refractivity contribution in [2.24, 2.45) is 0 Å². The van der Waals surface area contributed by atoms with Gasteiger partial charge in [0.15, 0.2) is 0 Å². The fourth-order valence-corrected chi connectivity index (χ4v) is 4.11. The molecule has 0 spiro atoms. The molecule has 0 atom stereocenters. The van der Waals surface area contributed by atoms with Gasteiger partial charge in [-0.1, -0.05) is 55.4 Å². The van der Waals surface area contributed by atoms with Crippen molar-refractivity contribution < 1.29 is 14.1 Å². The van der Waals surface area contributed by atoms with E-state index >= 15 is 0 Å². The highest BCUT2D eigenvalue weighted by Crippen LogP contribution is 2.29. The number of hydrogen-bond acceptors (Lipinski definition) is 5. The summed E-state index contributed by atoms with van der Waals surface area (Å²) in [6, 6.07) is 16.4. The van der Waals surface area contributed by atoms with Crippen LogP contribution in [0.25, 0.3) is 11.4 Å². The second-order valence-corrected chi connectivity index (χ2v) is 9.99. The van der Waals surface area contributed by atoms with Crippen LogP contribution < -0.4 is 5.32 Å². The topological polar surface area (TPSA) is 88.3 Å². The predicted octanol–water partition coefficient (Wildman–Crippen LogP) is 4.88. The first-order valence-electron chi connectivity index (χ1n) is 12.6. The predicted molar refractivity (Wildman–Crippen MR) is 133 cm³/mol. The number of aromatic nitrogens is 2. The summed E-state index contributed by atoms with van der Waals surface area (Å²) in [7, 11) is 0. The number of rotatable bonds is 10. The molecule has 2 fully saturated rings. The van der Waals surface area contributed by atoms with Crippen molar-refractivity contribution in [1.82, 2.24) is 20.4 Å². The van der Waals surface area contributed by atoms with Crippen molar-refractivity contribution in [2.75, 3.05) is 0 Å². The van der Waals surface area contributed by atoms with Gasteiger partial charge in [-0.3, -0.25) is 9.59 Å². The third-order valence-electron chi connectivity index (χ3n) is 6.65. The van der Waals surface area contributed by atoms with Gasteiger partial charge >= 0.3 is 0 Å². The Morgan fingerprint density at radius 1 is 1.03 bits per heavy atom.